The van der Waals surface area contributed by atoms with Crippen molar-refractivity contribution in [2.24, 2.45) is 5.73 Å². The van der Waals surface area contributed by atoms with Gasteiger partial charge in [0.05, 0.1) is 0 Å². The second kappa shape index (κ2) is 8.25. The molecule has 2 aromatic heterocycles. The van der Waals surface area contributed by atoms with Gasteiger partial charge in [-0.2, -0.15) is 0 Å². The van der Waals surface area contributed by atoms with Crippen LogP contribution in [0, 0.1) is 11.2 Å². The first kappa shape index (κ1) is 18.3. The molecular weight excluding hydrogens is 355 g/mol. The summed E-state index contributed by atoms with van der Waals surface area (Å²) in [6.45, 7) is 2.08. The Morgan fingerprint density at radius 1 is 1.19 bits per heavy atom. The van der Waals surface area contributed by atoms with Crippen LogP contribution in [0.15, 0.2) is 30.7 Å². The normalized spacial score (nSPS) is 14.0. The van der Waals surface area contributed by atoms with Crippen LogP contribution in [0.2, 0.25) is 0 Å². The van der Waals surface area contributed by atoms with Gasteiger partial charge >= 0.3 is 6.09 Å². The zero-order valence-electron chi connectivity index (χ0n) is 14.4. The van der Waals surface area contributed by atoms with Crippen molar-refractivity contribution in [3.8, 4) is 0 Å². The lowest BCUT2D eigenvalue weighted by Gasteiger charge is -2.35. The third-order valence-electron chi connectivity index (χ3n) is 3.96. The molecule has 0 atom stereocenters. The fraction of sp³-hybridized carbons (Fsp3) is 0.312. The third-order valence-corrected chi connectivity index (χ3v) is 3.96. The Hall–Kier alpha value is -3.50. The van der Waals surface area contributed by atoms with Crippen molar-refractivity contribution in [3.63, 3.8) is 0 Å². The quantitative estimate of drug-likeness (QED) is 0.519. The van der Waals surface area contributed by atoms with Crippen molar-refractivity contribution in [1.29, 1.82) is 5.41 Å². The molecule has 1 amide bonds. The lowest BCUT2D eigenvalue weighted by atomic mass is 10.2. The van der Waals surface area contributed by atoms with Crippen molar-refractivity contribution in [1.82, 2.24) is 20.3 Å². The summed E-state index contributed by atoms with van der Waals surface area (Å²) in [4.78, 5) is 27.8. The number of carbonyl (C=O) groups is 1. The van der Waals surface area contributed by atoms with Crippen LogP contribution in [-0.4, -0.2) is 53.2 Å². The number of piperazine rings is 1. The van der Waals surface area contributed by atoms with Crippen molar-refractivity contribution in [3.05, 3.63) is 42.1 Å². The van der Waals surface area contributed by atoms with Gasteiger partial charge in [0, 0.05) is 50.3 Å². The molecule has 142 valence electrons. The first-order valence-electron chi connectivity index (χ1n) is 8.22. The summed E-state index contributed by atoms with van der Waals surface area (Å²) in [6.07, 6.45) is 3.91. The van der Waals surface area contributed by atoms with Crippen LogP contribution >= 0.6 is 0 Å². The summed E-state index contributed by atoms with van der Waals surface area (Å²) in [5, 5.41) is 8.92. The number of ether oxygens (including phenoxy) is 1. The minimum absolute atomic E-state index is 0.188. The maximum atomic E-state index is 14.8. The number of hydrogen-bond acceptors (Lipinski definition) is 8. The number of carbonyl (C=O) groups excluding carboxylic acids is 1. The maximum Gasteiger partial charge on any atom is 0.414 e. The van der Waals surface area contributed by atoms with E-state index in [2.05, 4.69) is 15.0 Å². The van der Waals surface area contributed by atoms with Crippen molar-refractivity contribution < 1.29 is 13.9 Å². The van der Waals surface area contributed by atoms with Gasteiger partial charge in [-0.15, -0.1) is 0 Å². The Morgan fingerprint density at radius 3 is 2.52 bits per heavy atom. The molecule has 0 aliphatic carbocycles. The molecule has 0 radical (unpaired) electrons. The van der Waals surface area contributed by atoms with E-state index in [4.69, 9.17) is 15.9 Å². The molecule has 3 rings (SSSR count). The average Bonchev–Trinajstić information content (AvgIpc) is 2.67. The number of nitrogens with two attached hydrogens (primary N) is 1. The predicted octanol–water partition coefficient (Wildman–Crippen LogP) is 0.457. The van der Waals surface area contributed by atoms with Gasteiger partial charge in [0.1, 0.15) is 6.61 Å². The molecule has 0 saturated carbocycles. The van der Waals surface area contributed by atoms with Crippen LogP contribution in [0.4, 0.5) is 21.0 Å². The number of halogens is 1. The third kappa shape index (κ3) is 4.57. The minimum atomic E-state index is -0.920. The van der Waals surface area contributed by atoms with Crippen LogP contribution in [0.3, 0.4) is 0 Å². The van der Waals surface area contributed by atoms with Gasteiger partial charge in [-0.05, 0) is 12.1 Å². The molecule has 1 saturated heterocycles. The first-order valence-corrected chi connectivity index (χ1v) is 8.22. The first-order chi connectivity index (χ1) is 13.0. The number of nitrogens with zero attached hydrogens (tertiary/aromatic N) is 5. The van der Waals surface area contributed by atoms with E-state index in [9.17, 15) is 9.18 Å². The number of pyridine rings is 1. The van der Waals surface area contributed by atoms with E-state index in [1.54, 1.807) is 18.5 Å². The minimum Gasteiger partial charge on any atom is -0.444 e. The van der Waals surface area contributed by atoms with E-state index in [1.807, 2.05) is 15.1 Å². The van der Waals surface area contributed by atoms with Crippen LogP contribution in [0.1, 0.15) is 5.56 Å². The maximum absolute atomic E-state index is 14.8. The second-order valence-corrected chi connectivity index (χ2v) is 5.75. The second-order valence-electron chi connectivity index (χ2n) is 5.75. The lowest BCUT2D eigenvalue weighted by molar-refractivity contribution is 0.143. The monoisotopic (exact) mass is 374 g/mol. The Kier molecular flexibility index (Phi) is 5.59. The summed E-state index contributed by atoms with van der Waals surface area (Å²) >= 11 is 0. The predicted molar refractivity (Wildman–Crippen MR) is 95.9 cm³/mol. The van der Waals surface area contributed by atoms with E-state index in [-0.39, 0.29) is 18.0 Å². The molecule has 0 bridgehead atoms. The standard InChI is InChI=1S/C16H19FN8O2/c17-12-11(10-27-16(26)23-14(18)19)2-5-20-13(12)24-6-8-25(9-7-24)15-21-3-1-4-22-15/h1-5H,6-10H2,(H4,18,19,23,26). The van der Waals surface area contributed by atoms with Crippen LogP contribution < -0.4 is 20.9 Å². The number of nitrogens with one attached hydrogen (secondary N) is 2. The highest BCUT2D eigenvalue weighted by atomic mass is 19.1. The molecule has 1 aliphatic rings. The van der Waals surface area contributed by atoms with Crippen molar-refractivity contribution in [2.75, 3.05) is 36.0 Å². The van der Waals surface area contributed by atoms with Crippen LogP contribution in [0.25, 0.3) is 0 Å². The topological polar surface area (TPSA) is 133 Å². The number of anilines is 2. The van der Waals surface area contributed by atoms with E-state index >= 15 is 0 Å². The van der Waals surface area contributed by atoms with E-state index in [0.29, 0.717) is 32.1 Å². The van der Waals surface area contributed by atoms with Gasteiger partial charge in [0.15, 0.2) is 17.6 Å². The highest BCUT2D eigenvalue weighted by Crippen LogP contribution is 2.22. The molecule has 0 aromatic carbocycles. The van der Waals surface area contributed by atoms with Crippen molar-refractivity contribution in [2.45, 2.75) is 6.61 Å². The van der Waals surface area contributed by atoms with Crippen LogP contribution in [0.5, 0.6) is 0 Å². The molecule has 10 nitrogen and oxygen atoms in total. The molecule has 11 heteroatoms. The van der Waals surface area contributed by atoms with Gasteiger partial charge in [-0.25, -0.2) is 24.1 Å². The number of rotatable bonds is 4. The van der Waals surface area contributed by atoms with Gasteiger partial charge in [-0.3, -0.25) is 10.7 Å². The highest BCUT2D eigenvalue weighted by molar-refractivity contribution is 5.90. The molecule has 1 aliphatic heterocycles. The Balaban J connectivity index is 1.62. The van der Waals surface area contributed by atoms with E-state index < -0.39 is 17.9 Å². The Bertz CT molecular complexity index is 811. The number of guanidine groups is 1. The summed E-state index contributed by atoms with van der Waals surface area (Å²) in [5.74, 6) is -0.241. The number of alkyl carbamates (subject to hydrolysis) is 1. The highest BCUT2D eigenvalue weighted by Gasteiger charge is 2.23. The fourth-order valence-corrected chi connectivity index (χ4v) is 2.67. The van der Waals surface area contributed by atoms with E-state index in [1.165, 1.54) is 12.3 Å². The molecule has 0 unspecified atom stereocenters. The SMILES string of the molecule is N=C(N)NC(=O)OCc1ccnc(N2CCN(c3ncccn3)CC2)c1F. The van der Waals surface area contributed by atoms with Gasteiger partial charge in [-0.1, -0.05) is 0 Å². The Morgan fingerprint density at radius 2 is 1.85 bits per heavy atom. The summed E-state index contributed by atoms with van der Waals surface area (Å²) in [5.41, 5.74) is 5.22. The number of aromatic nitrogens is 3. The summed E-state index contributed by atoms with van der Waals surface area (Å²) < 4.78 is 19.6. The zero-order valence-corrected chi connectivity index (χ0v) is 14.4. The molecule has 0 spiro atoms. The van der Waals surface area contributed by atoms with Crippen LogP contribution in [-0.2, 0) is 11.3 Å². The largest absolute Gasteiger partial charge is 0.444 e. The lowest BCUT2D eigenvalue weighted by Crippen LogP contribution is -2.47. The average molecular weight is 374 g/mol. The molecular formula is C16H19FN8O2. The molecule has 27 heavy (non-hydrogen) atoms. The summed E-state index contributed by atoms with van der Waals surface area (Å²) in [7, 11) is 0. The number of hydrogen-bond donors (Lipinski definition) is 3. The van der Waals surface area contributed by atoms with Gasteiger partial charge in [0.2, 0.25) is 5.95 Å². The molecule has 2 aromatic rings. The summed E-state index contributed by atoms with van der Waals surface area (Å²) in [6, 6.07) is 3.19. The van der Waals surface area contributed by atoms with Crippen molar-refractivity contribution >= 4 is 23.8 Å². The van der Waals surface area contributed by atoms with Gasteiger partial charge in [0.25, 0.3) is 0 Å². The molecule has 1 fully saturated rings. The zero-order chi connectivity index (χ0) is 19.2. The van der Waals surface area contributed by atoms with Gasteiger partial charge < -0.3 is 20.3 Å². The number of amides is 1. The smallest absolute Gasteiger partial charge is 0.414 e. The molecule has 3 heterocycles. The fourth-order valence-electron chi connectivity index (χ4n) is 2.67. The molecule has 4 N–H and O–H groups in total. The van der Waals surface area contributed by atoms with E-state index in [0.717, 1.165) is 0 Å². The Labute approximate surface area is 154 Å².